The van der Waals surface area contributed by atoms with Crippen molar-refractivity contribution in [3.05, 3.63) is 24.0 Å². The van der Waals surface area contributed by atoms with Gasteiger partial charge in [-0.1, -0.05) is 0 Å². The number of hydrogen-bond donors (Lipinski definition) is 2. The number of rotatable bonds is 2. The lowest BCUT2D eigenvalue weighted by atomic mass is 10.2. The third-order valence-corrected chi connectivity index (χ3v) is 2.55. The van der Waals surface area contributed by atoms with Crippen molar-refractivity contribution in [1.29, 1.82) is 0 Å². The molecule has 7 heteroatoms. The summed E-state index contributed by atoms with van der Waals surface area (Å²) in [7, 11) is 0. The van der Waals surface area contributed by atoms with Gasteiger partial charge < -0.3 is 11.1 Å². The van der Waals surface area contributed by atoms with E-state index >= 15 is 0 Å². The predicted molar refractivity (Wildman–Crippen MR) is 54.0 cm³/mol. The Labute approximate surface area is 95.0 Å². The number of amides is 1. The zero-order valence-electron chi connectivity index (χ0n) is 8.71. The number of halogens is 3. The van der Waals surface area contributed by atoms with Gasteiger partial charge in [0, 0.05) is 0 Å². The Bertz CT molecular complexity index is 437. The number of alkyl halides is 3. The van der Waals surface area contributed by atoms with E-state index in [2.05, 4.69) is 10.3 Å². The molecule has 1 aliphatic rings. The highest BCUT2D eigenvalue weighted by atomic mass is 19.4. The number of pyridine rings is 1. The third-order valence-electron chi connectivity index (χ3n) is 2.55. The molecule has 3 N–H and O–H groups in total. The zero-order chi connectivity index (χ0) is 12.7. The Balaban J connectivity index is 2.06. The van der Waals surface area contributed by atoms with Crippen molar-refractivity contribution in [3.8, 4) is 0 Å². The van der Waals surface area contributed by atoms with Crippen LogP contribution in [0.2, 0.25) is 0 Å². The van der Waals surface area contributed by atoms with Crippen molar-refractivity contribution in [2.75, 3.05) is 5.32 Å². The molecule has 1 aromatic rings. The van der Waals surface area contributed by atoms with E-state index in [0.717, 1.165) is 18.3 Å². The van der Waals surface area contributed by atoms with Gasteiger partial charge in [0.15, 0.2) is 0 Å². The number of nitrogens with two attached hydrogens (primary N) is 1. The number of carbonyl (C=O) groups is 1. The molecular formula is C10H10F3N3O. The van der Waals surface area contributed by atoms with Crippen LogP contribution in [0.15, 0.2) is 18.3 Å². The van der Waals surface area contributed by atoms with Gasteiger partial charge in [-0.2, -0.15) is 13.2 Å². The van der Waals surface area contributed by atoms with Crippen LogP contribution < -0.4 is 11.1 Å². The first-order chi connectivity index (χ1) is 7.81. The zero-order valence-corrected chi connectivity index (χ0v) is 8.71. The van der Waals surface area contributed by atoms with Crippen LogP contribution in [0.5, 0.6) is 0 Å². The summed E-state index contributed by atoms with van der Waals surface area (Å²) < 4.78 is 36.6. The lowest BCUT2D eigenvalue weighted by Crippen LogP contribution is -2.37. The molecule has 1 aliphatic carbocycles. The number of hydrogen-bond acceptors (Lipinski definition) is 3. The molecule has 0 atom stereocenters. The van der Waals surface area contributed by atoms with Gasteiger partial charge >= 0.3 is 6.18 Å². The highest BCUT2D eigenvalue weighted by molar-refractivity contribution is 5.99. The quantitative estimate of drug-likeness (QED) is 0.830. The Morgan fingerprint density at radius 3 is 2.47 bits per heavy atom. The summed E-state index contributed by atoms with van der Waals surface area (Å²) in [6.07, 6.45) is -2.33. The molecule has 4 nitrogen and oxygen atoms in total. The Morgan fingerprint density at radius 1 is 1.41 bits per heavy atom. The molecule has 1 saturated carbocycles. The van der Waals surface area contributed by atoms with Gasteiger partial charge in [-0.05, 0) is 25.0 Å². The van der Waals surface area contributed by atoms with Crippen LogP contribution in [-0.2, 0) is 11.0 Å². The fourth-order valence-electron chi connectivity index (χ4n) is 1.25. The third kappa shape index (κ3) is 2.55. The van der Waals surface area contributed by atoms with Gasteiger partial charge in [0.25, 0.3) is 0 Å². The summed E-state index contributed by atoms with van der Waals surface area (Å²) in [5.41, 5.74) is 3.98. The molecule has 0 aromatic carbocycles. The molecule has 0 radical (unpaired) electrons. The second-order valence-corrected chi connectivity index (χ2v) is 4.04. The molecule has 0 bridgehead atoms. The number of nitrogens with zero attached hydrogens (tertiary/aromatic N) is 1. The molecule has 1 fully saturated rings. The Kier molecular flexibility index (Phi) is 2.57. The number of anilines is 1. The van der Waals surface area contributed by atoms with Gasteiger partial charge in [-0.25, -0.2) is 4.98 Å². The van der Waals surface area contributed by atoms with E-state index in [9.17, 15) is 18.0 Å². The number of carbonyl (C=O) groups excluding carboxylic acids is 1. The standard InChI is InChI=1S/C10H10F3N3O/c11-10(12,13)7-2-1-6(5-15-7)16-8(17)9(14)3-4-9/h1-2,5H,3-4,14H2,(H,16,17). The van der Waals surface area contributed by atoms with Crippen LogP contribution in [0.3, 0.4) is 0 Å². The second kappa shape index (κ2) is 3.69. The molecule has 2 rings (SSSR count). The minimum absolute atomic E-state index is 0.208. The van der Waals surface area contributed by atoms with E-state index in [-0.39, 0.29) is 11.6 Å². The van der Waals surface area contributed by atoms with Crippen molar-refractivity contribution in [1.82, 2.24) is 4.98 Å². The first-order valence-corrected chi connectivity index (χ1v) is 4.95. The maximum atomic E-state index is 12.2. The summed E-state index contributed by atoms with van der Waals surface area (Å²) >= 11 is 0. The van der Waals surface area contributed by atoms with E-state index in [4.69, 9.17) is 5.73 Å². The number of nitrogens with one attached hydrogen (secondary N) is 1. The van der Waals surface area contributed by atoms with Gasteiger partial charge in [0.2, 0.25) is 5.91 Å². The topological polar surface area (TPSA) is 68.0 Å². The Morgan fingerprint density at radius 2 is 2.06 bits per heavy atom. The van der Waals surface area contributed by atoms with Crippen molar-refractivity contribution >= 4 is 11.6 Å². The van der Waals surface area contributed by atoms with Crippen LogP contribution in [-0.4, -0.2) is 16.4 Å². The van der Waals surface area contributed by atoms with Gasteiger partial charge in [0.05, 0.1) is 17.4 Å². The summed E-state index contributed by atoms with van der Waals surface area (Å²) in [6, 6.07) is 1.96. The molecule has 0 spiro atoms. The fraction of sp³-hybridized carbons (Fsp3) is 0.400. The van der Waals surface area contributed by atoms with Crippen LogP contribution in [0.4, 0.5) is 18.9 Å². The van der Waals surface area contributed by atoms with E-state index in [1.165, 1.54) is 0 Å². The first-order valence-electron chi connectivity index (χ1n) is 4.95. The summed E-state index contributed by atoms with van der Waals surface area (Å²) in [4.78, 5) is 14.7. The molecule has 0 saturated heterocycles. The number of aromatic nitrogens is 1. The smallest absolute Gasteiger partial charge is 0.323 e. The molecule has 1 aromatic heterocycles. The normalized spacial score (nSPS) is 17.6. The molecule has 17 heavy (non-hydrogen) atoms. The van der Waals surface area contributed by atoms with Crippen LogP contribution >= 0.6 is 0 Å². The van der Waals surface area contributed by atoms with Gasteiger partial charge in [0.1, 0.15) is 5.69 Å². The molecule has 92 valence electrons. The monoisotopic (exact) mass is 245 g/mol. The predicted octanol–water partition coefficient (Wildman–Crippen LogP) is 1.53. The summed E-state index contributed by atoms with van der Waals surface area (Å²) in [6.45, 7) is 0. The SMILES string of the molecule is NC1(C(=O)Nc2ccc(C(F)(F)F)nc2)CC1. The first kappa shape index (κ1) is 11.8. The highest BCUT2D eigenvalue weighted by Crippen LogP contribution is 2.33. The minimum atomic E-state index is -4.48. The van der Waals surface area contributed by atoms with Crippen LogP contribution in [0.25, 0.3) is 0 Å². The Hall–Kier alpha value is -1.63. The largest absolute Gasteiger partial charge is 0.433 e. The maximum absolute atomic E-state index is 12.2. The summed E-state index contributed by atoms with van der Waals surface area (Å²) in [5.74, 6) is -0.390. The van der Waals surface area contributed by atoms with Crippen molar-refractivity contribution in [2.24, 2.45) is 5.73 Å². The highest BCUT2D eigenvalue weighted by Gasteiger charge is 2.46. The minimum Gasteiger partial charge on any atom is -0.323 e. The maximum Gasteiger partial charge on any atom is 0.433 e. The molecule has 1 heterocycles. The average Bonchev–Trinajstić information content (AvgIpc) is 2.97. The molecule has 0 unspecified atom stereocenters. The van der Waals surface area contributed by atoms with E-state index in [0.29, 0.717) is 12.8 Å². The van der Waals surface area contributed by atoms with Gasteiger partial charge in [-0.15, -0.1) is 0 Å². The molecule has 1 amide bonds. The second-order valence-electron chi connectivity index (χ2n) is 4.04. The van der Waals surface area contributed by atoms with Crippen molar-refractivity contribution in [2.45, 2.75) is 24.6 Å². The average molecular weight is 245 g/mol. The van der Waals surface area contributed by atoms with E-state index in [1.54, 1.807) is 0 Å². The van der Waals surface area contributed by atoms with Gasteiger partial charge in [-0.3, -0.25) is 4.79 Å². The fourth-order valence-corrected chi connectivity index (χ4v) is 1.25. The van der Waals surface area contributed by atoms with E-state index in [1.807, 2.05) is 0 Å². The lowest BCUT2D eigenvalue weighted by molar-refractivity contribution is -0.141. The molecular weight excluding hydrogens is 235 g/mol. The lowest BCUT2D eigenvalue weighted by Gasteiger charge is -2.10. The van der Waals surface area contributed by atoms with Crippen molar-refractivity contribution in [3.63, 3.8) is 0 Å². The van der Waals surface area contributed by atoms with Crippen molar-refractivity contribution < 1.29 is 18.0 Å². The van der Waals surface area contributed by atoms with E-state index < -0.39 is 17.4 Å². The van der Waals surface area contributed by atoms with Crippen LogP contribution in [0.1, 0.15) is 18.5 Å². The summed E-state index contributed by atoms with van der Waals surface area (Å²) in [5, 5.41) is 2.43. The van der Waals surface area contributed by atoms with Crippen LogP contribution in [0, 0.1) is 0 Å². The molecule has 0 aliphatic heterocycles.